The third-order valence-corrected chi connectivity index (χ3v) is 3.94. The van der Waals surface area contributed by atoms with Gasteiger partial charge in [0.15, 0.2) is 0 Å². The van der Waals surface area contributed by atoms with E-state index in [1.807, 2.05) is 30.3 Å². The van der Waals surface area contributed by atoms with E-state index in [0.29, 0.717) is 5.88 Å². The normalized spacial score (nSPS) is 13.5. The summed E-state index contributed by atoms with van der Waals surface area (Å²) in [5, 5.41) is 0. The molecule has 0 aliphatic heterocycles. The van der Waals surface area contributed by atoms with Crippen LogP contribution in [0.4, 0.5) is 0 Å². The Bertz CT molecular complexity index is 422. The molecule has 1 unspecified atom stereocenters. The number of sulfonamides is 1. The molecular formula is C11H16ClNO3S. The second-order valence-corrected chi connectivity index (χ2v) is 5.94. The van der Waals surface area contributed by atoms with Crippen LogP contribution in [0.5, 0.6) is 0 Å². The van der Waals surface area contributed by atoms with Gasteiger partial charge in [-0.25, -0.2) is 8.42 Å². The average molecular weight is 278 g/mol. The SMILES string of the molecule is CC(CCl)CS(=O)(=O)NOCc1ccccc1. The molecule has 0 heterocycles. The molecule has 1 N–H and O–H groups in total. The number of benzene rings is 1. The molecule has 6 heteroatoms. The molecule has 0 aliphatic rings. The van der Waals surface area contributed by atoms with Crippen LogP contribution < -0.4 is 4.89 Å². The van der Waals surface area contributed by atoms with E-state index in [1.54, 1.807) is 6.92 Å². The number of nitrogens with one attached hydrogen (secondary N) is 1. The maximum absolute atomic E-state index is 11.5. The van der Waals surface area contributed by atoms with Gasteiger partial charge in [0.25, 0.3) is 0 Å². The van der Waals surface area contributed by atoms with Crippen molar-refractivity contribution in [2.24, 2.45) is 5.92 Å². The summed E-state index contributed by atoms with van der Waals surface area (Å²) < 4.78 is 23.0. The van der Waals surface area contributed by atoms with E-state index in [1.165, 1.54) is 0 Å². The summed E-state index contributed by atoms with van der Waals surface area (Å²) in [4.78, 5) is 7.04. The number of hydrogen-bond acceptors (Lipinski definition) is 3. The fourth-order valence-corrected chi connectivity index (χ4v) is 2.64. The van der Waals surface area contributed by atoms with Crippen LogP contribution in [0.25, 0.3) is 0 Å². The molecule has 1 aromatic rings. The zero-order valence-corrected chi connectivity index (χ0v) is 11.2. The topological polar surface area (TPSA) is 55.4 Å². The summed E-state index contributed by atoms with van der Waals surface area (Å²) in [5.74, 6) is 0.166. The van der Waals surface area contributed by atoms with Gasteiger partial charge in [-0.15, -0.1) is 11.6 Å². The molecule has 17 heavy (non-hydrogen) atoms. The highest BCUT2D eigenvalue weighted by Crippen LogP contribution is 2.03. The lowest BCUT2D eigenvalue weighted by Gasteiger charge is -2.10. The molecule has 0 aromatic heterocycles. The molecule has 0 saturated carbocycles. The Labute approximate surface area is 107 Å². The lowest BCUT2D eigenvalue weighted by molar-refractivity contribution is 0.0793. The van der Waals surface area contributed by atoms with E-state index in [0.717, 1.165) is 5.56 Å². The second kappa shape index (κ2) is 6.96. The van der Waals surface area contributed by atoms with Crippen molar-refractivity contribution in [3.05, 3.63) is 35.9 Å². The fourth-order valence-electron chi connectivity index (χ4n) is 1.23. The van der Waals surface area contributed by atoms with Crippen LogP contribution >= 0.6 is 11.6 Å². The van der Waals surface area contributed by atoms with Gasteiger partial charge in [-0.1, -0.05) is 42.1 Å². The minimum atomic E-state index is -3.42. The lowest BCUT2D eigenvalue weighted by Crippen LogP contribution is -2.29. The molecular weight excluding hydrogens is 262 g/mol. The lowest BCUT2D eigenvalue weighted by atomic mass is 10.2. The monoisotopic (exact) mass is 277 g/mol. The molecule has 0 saturated heterocycles. The van der Waals surface area contributed by atoms with Crippen LogP contribution in [0.2, 0.25) is 0 Å². The summed E-state index contributed by atoms with van der Waals surface area (Å²) in [6.45, 7) is 1.97. The van der Waals surface area contributed by atoms with E-state index in [9.17, 15) is 8.42 Å². The molecule has 96 valence electrons. The first-order valence-corrected chi connectivity index (χ1v) is 7.43. The first-order chi connectivity index (χ1) is 8.03. The summed E-state index contributed by atoms with van der Waals surface area (Å²) in [5.41, 5.74) is 0.903. The van der Waals surface area contributed by atoms with Crippen molar-refractivity contribution < 1.29 is 13.3 Å². The van der Waals surface area contributed by atoms with Gasteiger partial charge in [-0.2, -0.15) is 0 Å². The molecule has 1 atom stereocenters. The van der Waals surface area contributed by atoms with Gasteiger partial charge < -0.3 is 0 Å². The average Bonchev–Trinajstić information content (AvgIpc) is 2.29. The maximum atomic E-state index is 11.5. The third kappa shape index (κ3) is 6.02. The Kier molecular flexibility index (Phi) is 5.91. The summed E-state index contributed by atoms with van der Waals surface area (Å²) in [6.07, 6.45) is 0. The molecule has 0 fully saturated rings. The second-order valence-electron chi connectivity index (χ2n) is 3.90. The molecule has 0 bridgehead atoms. The molecule has 4 nitrogen and oxygen atoms in total. The van der Waals surface area contributed by atoms with Gasteiger partial charge in [0.1, 0.15) is 0 Å². The standard InChI is InChI=1S/C11H16ClNO3S/c1-10(7-12)9-17(14,15)13-16-8-11-5-3-2-4-6-11/h2-6,10,13H,7-9H2,1H3. The van der Waals surface area contributed by atoms with E-state index in [-0.39, 0.29) is 18.3 Å². The third-order valence-electron chi connectivity index (χ3n) is 2.03. The van der Waals surface area contributed by atoms with Gasteiger partial charge in [0, 0.05) is 5.88 Å². The smallest absolute Gasteiger partial charge is 0.233 e. The van der Waals surface area contributed by atoms with Gasteiger partial charge >= 0.3 is 0 Å². The van der Waals surface area contributed by atoms with E-state index >= 15 is 0 Å². The van der Waals surface area contributed by atoms with Gasteiger partial charge in [0.2, 0.25) is 10.0 Å². The number of alkyl halides is 1. The van der Waals surface area contributed by atoms with Crippen molar-refractivity contribution >= 4 is 21.6 Å². The number of halogens is 1. The Morgan fingerprint density at radius 3 is 2.59 bits per heavy atom. The molecule has 0 aliphatic carbocycles. The first kappa shape index (κ1) is 14.4. The van der Waals surface area contributed by atoms with Crippen LogP contribution in [0.15, 0.2) is 30.3 Å². The highest BCUT2D eigenvalue weighted by atomic mass is 35.5. The van der Waals surface area contributed by atoms with E-state index < -0.39 is 10.0 Å². The largest absolute Gasteiger partial charge is 0.282 e. The van der Waals surface area contributed by atoms with Crippen LogP contribution in [0.3, 0.4) is 0 Å². The Balaban J connectivity index is 2.36. The number of hydrogen-bond donors (Lipinski definition) is 1. The number of rotatable bonds is 7. The molecule has 0 spiro atoms. The maximum Gasteiger partial charge on any atom is 0.233 e. The van der Waals surface area contributed by atoms with Gasteiger partial charge in [-0.05, 0) is 11.5 Å². The molecule has 0 amide bonds. The van der Waals surface area contributed by atoms with Crippen molar-refractivity contribution in [3.63, 3.8) is 0 Å². The summed E-state index contributed by atoms with van der Waals surface area (Å²) >= 11 is 5.55. The van der Waals surface area contributed by atoms with Crippen LogP contribution in [-0.4, -0.2) is 20.1 Å². The zero-order valence-electron chi connectivity index (χ0n) is 9.60. The van der Waals surface area contributed by atoms with Crippen molar-refractivity contribution in [2.75, 3.05) is 11.6 Å². The van der Waals surface area contributed by atoms with Gasteiger partial charge in [-0.3, -0.25) is 4.84 Å². The fraction of sp³-hybridized carbons (Fsp3) is 0.455. The highest BCUT2D eigenvalue weighted by molar-refractivity contribution is 7.89. The van der Waals surface area contributed by atoms with Crippen LogP contribution in [0.1, 0.15) is 12.5 Å². The summed E-state index contributed by atoms with van der Waals surface area (Å²) in [7, 11) is -3.42. The Morgan fingerprint density at radius 1 is 1.35 bits per heavy atom. The van der Waals surface area contributed by atoms with Crippen LogP contribution in [-0.2, 0) is 21.5 Å². The van der Waals surface area contributed by atoms with Crippen molar-refractivity contribution in [1.29, 1.82) is 0 Å². The highest BCUT2D eigenvalue weighted by Gasteiger charge is 2.14. The quantitative estimate of drug-likeness (QED) is 0.612. The molecule has 0 radical (unpaired) electrons. The van der Waals surface area contributed by atoms with E-state index in [2.05, 4.69) is 4.89 Å². The Morgan fingerprint density at radius 2 is 2.00 bits per heavy atom. The molecule has 1 rings (SSSR count). The first-order valence-electron chi connectivity index (χ1n) is 5.24. The predicted molar refractivity (Wildman–Crippen MR) is 68.0 cm³/mol. The minimum Gasteiger partial charge on any atom is -0.282 e. The van der Waals surface area contributed by atoms with Crippen molar-refractivity contribution in [2.45, 2.75) is 13.5 Å². The zero-order chi connectivity index (χ0) is 12.7. The predicted octanol–water partition coefficient (Wildman–Crippen LogP) is 1.91. The minimum absolute atomic E-state index is 0.0364. The summed E-state index contributed by atoms with van der Waals surface area (Å²) in [6, 6.07) is 9.33. The van der Waals surface area contributed by atoms with Crippen LogP contribution in [0, 0.1) is 5.92 Å². The van der Waals surface area contributed by atoms with Crippen molar-refractivity contribution in [3.8, 4) is 0 Å². The van der Waals surface area contributed by atoms with Gasteiger partial charge in [0.05, 0.1) is 12.4 Å². The van der Waals surface area contributed by atoms with E-state index in [4.69, 9.17) is 16.4 Å². The molecule has 1 aromatic carbocycles. The Hall–Kier alpha value is -0.620. The van der Waals surface area contributed by atoms with Crippen molar-refractivity contribution in [1.82, 2.24) is 4.89 Å².